The molecule has 0 aromatic heterocycles. The Morgan fingerprint density at radius 2 is 2.19 bits per heavy atom. The van der Waals surface area contributed by atoms with E-state index in [1.54, 1.807) is 7.11 Å². The number of likely N-dealkylation sites (N-methyl/N-ethyl adjacent to an activating group) is 1. The maximum absolute atomic E-state index is 9.59. The number of benzene rings is 1. The predicted molar refractivity (Wildman–Crippen MR) is 66.0 cm³/mol. The number of rotatable bonds is 6. The minimum Gasteiger partial charge on any atom is -0.496 e. The molecule has 0 amide bonds. The zero-order chi connectivity index (χ0) is 12.0. The summed E-state index contributed by atoms with van der Waals surface area (Å²) in [4.78, 5) is 0. The molecule has 0 spiro atoms. The first kappa shape index (κ1) is 13.0. The summed E-state index contributed by atoms with van der Waals surface area (Å²) in [6.07, 6.45) is 1.41. The second-order valence-electron chi connectivity index (χ2n) is 4.05. The molecule has 1 atom stereocenters. The highest BCUT2D eigenvalue weighted by atomic mass is 16.5. The second kappa shape index (κ2) is 6.51. The monoisotopic (exact) mass is 223 g/mol. The van der Waals surface area contributed by atoms with Gasteiger partial charge in [0.15, 0.2) is 0 Å². The van der Waals surface area contributed by atoms with Gasteiger partial charge in [-0.25, -0.2) is 0 Å². The average molecular weight is 223 g/mol. The van der Waals surface area contributed by atoms with Crippen LogP contribution in [0.1, 0.15) is 17.5 Å². The fraction of sp³-hybridized carbons (Fsp3) is 0.538. The summed E-state index contributed by atoms with van der Waals surface area (Å²) in [5.41, 5.74) is 2.39. The maximum Gasteiger partial charge on any atom is 0.121 e. The smallest absolute Gasteiger partial charge is 0.121 e. The number of aliphatic hydroxyl groups is 1. The molecule has 2 N–H and O–H groups in total. The first-order valence-electron chi connectivity index (χ1n) is 5.63. The molecule has 0 aliphatic heterocycles. The molecule has 90 valence electrons. The van der Waals surface area contributed by atoms with Crippen LogP contribution >= 0.6 is 0 Å². The SMILES string of the molecule is CNCC(O)CCc1ccc(OC)c(C)c1. The van der Waals surface area contributed by atoms with Gasteiger partial charge in [-0.2, -0.15) is 0 Å². The van der Waals surface area contributed by atoms with E-state index in [-0.39, 0.29) is 6.10 Å². The molecule has 1 rings (SSSR count). The van der Waals surface area contributed by atoms with Crippen LogP contribution in [0, 0.1) is 6.92 Å². The van der Waals surface area contributed by atoms with E-state index < -0.39 is 0 Å². The fourth-order valence-corrected chi connectivity index (χ4v) is 1.77. The lowest BCUT2D eigenvalue weighted by Crippen LogP contribution is -2.23. The van der Waals surface area contributed by atoms with Crippen molar-refractivity contribution in [2.75, 3.05) is 20.7 Å². The summed E-state index contributed by atoms with van der Waals surface area (Å²) < 4.78 is 5.20. The first-order chi connectivity index (χ1) is 7.67. The standard InChI is InChI=1S/C13H21NO2/c1-10-8-11(5-7-13(10)16-3)4-6-12(15)9-14-2/h5,7-8,12,14-15H,4,6,9H2,1-3H3. The van der Waals surface area contributed by atoms with Gasteiger partial charge >= 0.3 is 0 Å². The number of ether oxygens (including phenoxy) is 1. The van der Waals surface area contributed by atoms with Crippen molar-refractivity contribution in [3.8, 4) is 5.75 Å². The number of hydrogen-bond acceptors (Lipinski definition) is 3. The van der Waals surface area contributed by atoms with E-state index >= 15 is 0 Å². The zero-order valence-electron chi connectivity index (χ0n) is 10.3. The Kier molecular flexibility index (Phi) is 5.29. The molecule has 0 heterocycles. The van der Waals surface area contributed by atoms with Crippen LogP contribution in [-0.4, -0.2) is 31.9 Å². The van der Waals surface area contributed by atoms with Crippen LogP contribution in [0.25, 0.3) is 0 Å². The minimum absolute atomic E-state index is 0.271. The van der Waals surface area contributed by atoms with Crippen LogP contribution in [0.4, 0.5) is 0 Å². The molecule has 0 saturated carbocycles. The van der Waals surface area contributed by atoms with Crippen molar-refractivity contribution < 1.29 is 9.84 Å². The molecule has 0 fully saturated rings. The van der Waals surface area contributed by atoms with Crippen molar-refractivity contribution in [3.63, 3.8) is 0 Å². The van der Waals surface area contributed by atoms with E-state index in [1.165, 1.54) is 5.56 Å². The van der Waals surface area contributed by atoms with Gasteiger partial charge in [0, 0.05) is 6.54 Å². The summed E-state index contributed by atoms with van der Waals surface area (Å²) in [5.74, 6) is 0.916. The lowest BCUT2D eigenvalue weighted by Gasteiger charge is -2.11. The Labute approximate surface area is 97.4 Å². The topological polar surface area (TPSA) is 41.5 Å². The number of aryl methyl sites for hydroxylation is 2. The summed E-state index contributed by atoms with van der Waals surface area (Å²) in [6.45, 7) is 2.68. The number of nitrogens with one attached hydrogen (secondary N) is 1. The molecule has 0 radical (unpaired) electrons. The van der Waals surface area contributed by atoms with Crippen LogP contribution < -0.4 is 10.1 Å². The fourth-order valence-electron chi connectivity index (χ4n) is 1.77. The largest absolute Gasteiger partial charge is 0.496 e. The van der Waals surface area contributed by atoms with Gasteiger partial charge in [0.1, 0.15) is 5.75 Å². The molecule has 1 aromatic rings. The number of aliphatic hydroxyl groups excluding tert-OH is 1. The third-order valence-electron chi connectivity index (χ3n) is 2.67. The van der Waals surface area contributed by atoms with Gasteiger partial charge in [0.2, 0.25) is 0 Å². The van der Waals surface area contributed by atoms with Crippen molar-refractivity contribution in [1.29, 1.82) is 0 Å². The van der Waals surface area contributed by atoms with Crippen molar-refractivity contribution >= 4 is 0 Å². The van der Waals surface area contributed by atoms with Crippen LogP contribution in [0.2, 0.25) is 0 Å². The Hall–Kier alpha value is -1.06. The van der Waals surface area contributed by atoms with Gasteiger partial charge in [-0.1, -0.05) is 12.1 Å². The summed E-state index contributed by atoms with van der Waals surface area (Å²) in [7, 11) is 3.53. The minimum atomic E-state index is -0.271. The van der Waals surface area contributed by atoms with E-state index in [4.69, 9.17) is 4.74 Å². The van der Waals surface area contributed by atoms with E-state index in [0.29, 0.717) is 6.54 Å². The van der Waals surface area contributed by atoms with E-state index in [0.717, 1.165) is 24.2 Å². The van der Waals surface area contributed by atoms with Crippen molar-refractivity contribution in [2.24, 2.45) is 0 Å². The molecule has 1 unspecified atom stereocenters. The molecule has 3 heteroatoms. The molecule has 1 aromatic carbocycles. The number of methoxy groups -OCH3 is 1. The summed E-state index contributed by atoms with van der Waals surface area (Å²) in [6, 6.07) is 6.15. The number of hydrogen-bond donors (Lipinski definition) is 2. The maximum atomic E-state index is 9.59. The Morgan fingerprint density at radius 3 is 2.75 bits per heavy atom. The lowest BCUT2D eigenvalue weighted by atomic mass is 10.0. The highest BCUT2D eigenvalue weighted by molar-refractivity contribution is 5.36. The van der Waals surface area contributed by atoms with Gasteiger partial charge in [-0.3, -0.25) is 0 Å². The molecule has 0 aliphatic carbocycles. The van der Waals surface area contributed by atoms with Gasteiger partial charge in [-0.05, 0) is 44.0 Å². The van der Waals surface area contributed by atoms with E-state index in [2.05, 4.69) is 17.4 Å². The Balaban J connectivity index is 2.51. The molecule has 0 saturated heterocycles. The molecule has 16 heavy (non-hydrogen) atoms. The van der Waals surface area contributed by atoms with Gasteiger partial charge in [0.05, 0.1) is 13.2 Å². The van der Waals surface area contributed by atoms with Crippen molar-refractivity contribution in [1.82, 2.24) is 5.32 Å². The zero-order valence-corrected chi connectivity index (χ0v) is 10.3. The van der Waals surface area contributed by atoms with Crippen LogP contribution in [0.15, 0.2) is 18.2 Å². The van der Waals surface area contributed by atoms with Crippen LogP contribution in [0.5, 0.6) is 5.75 Å². The molecule has 0 bridgehead atoms. The van der Waals surface area contributed by atoms with Crippen molar-refractivity contribution in [2.45, 2.75) is 25.9 Å². The van der Waals surface area contributed by atoms with Crippen molar-refractivity contribution in [3.05, 3.63) is 29.3 Å². The van der Waals surface area contributed by atoms with Crippen LogP contribution in [0.3, 0.4) is 0 Å². The summed E-state index contributed by atoms with van der Waals surface area (Å²) >= 11 is 0. The first-order valence-corrected chi connectivity index (χ1v) is 5.63. The normalized spacial score (nSPS) is 12.5. The quantitative estimate of drug-likeness (QED) is 0.768. The third kappa shape index (κ3) is 3.83. The predicted octanol–water partition coefficient (Wildman–Crippen LogP) is 1.52. The third-order valence-corrected chi connectivity index (χ3v) is 2.67. The van der Waals surface area contributed by atoms with Gasteiger partial charge in [-0.15, -0.1) is 0 Å². The molecular weight excluding hydrogens is 202 g/mol. The molecule has 0 aliphatic rings. The highest BCUT2D eigenvalue weighted by Crippen LogP contribution is 2.19. The second-order valence-corrected chi connectivity index (χ2v) is 4.05. The van der Waals surface area contributed by atoms with E-state index in [1.807, 2.05) is 20.0 Å². The Bertz CT molecular complexity index is 326. The molecule has 3 nitrogen and oxygen atoms in total. The van der Waals surface area contributed by atoms with Gasteiger partial charge < -0.3 is 15.2 Å². The highest BCUT2D eigenvalue weighted by Gasteiger charge is 2.04. The Morgan fingerprint density at radius 1 is 1.44 bits per heavy atom. The van der Waals surface area contributed by atoms with Gasteiger partial charge in [0.25, 0.3) is 0 Å². The average Bonchev–Trinajstić information content (AvgIpc) is 2.27. The summed E-state index contributed by atoms with van der Waals surface area (Å²) in [5, 5.41) is 12.6. The lowest BCUT2D eigenvalue weighted by molar-refractivity contribution is 0.165. The van der Waals surface area contributed by atoms with E-state index in [9.17, 15) is 5.11 Å². The van der Waals surface area contributed by atoms with Crippen LogP contribution in [-0.2, 0) is 6.42 Å². The molecular formula is C13H21NO2.